The van der Waals surface area contributed by atoms with Crippen LogP contribution in [0.5, 0.6) is 5.75 Å². The summed E-state index contributed by atoms with van der Waals surface area (Å²) in [6.07, 6.45) is 0. The Morgan fingerprint density at radius 1 is 1.20 bits per heavy atom. The molecule has 0 radical (unpaired) electrons. The number of nitrogens with zero attached hydrogens (tertiary/aromatic N) is 3. The maximum atomic E-state index is 11.9. The summed E-state index contributed by atoms with van der Waals surface area (Å²) in [5, 5.41) is 0. The quantitative estimate of drug-likeness (QED) is 0.859. The molecule has 1 aromatic carbocycles. The Kier molecular flexibility index (Phi) is 5.34. The summed E-state index contributed by atoms with van der Waals surface area (Å²) in [7, 11) is 1.69. The van der Waals surface area contributed by atoms with Gasteiger partial charge < -0.3 is 9.64 Å². The number of methoxy groups -OCH3 is 1. The number of para-hydroxylation sites is 1. The number of aromatic nitrogens is 1. The Morgan fingerprint density at radius 3 is 2.72 bits per heavy atom. The fraction of sp³-hybridized carbons (Fsp3) is 0.400. The first-order valence-electron chi connectivity index (χ1n) is 8.63. The van der Waals surface area contributed by atoms with Crippen molar-refractivity contribution >= 4 is 5.91 Å². The Balaban J connectivity index is 1.90. The van der Waals surface area contributed by atoms with Crippen LogP contribution in [0.25, 0.3) is 0 Å². The molecule has 1 aliphatic rings. The van der Waals surface area contributed by atoms with Gasteiger partial charge in [-0.25, -0.2) is 0 Å². The second-order valence-electron chi connectivity index (χ2n) is 6.46. The first-order valence-corrected chi connectivity index (χ1v) is 8.63. The molecule has 5 nitrogen and oxygen atoms in total. The van der Waals surface area contributed by atoms with Crippen molar-refractivity contribution in [2.75, 3.05) is 26.7 Å². The monoisotopic (exact) mass is 339 g/mol. The third kappa shape index (κ3) is 3.99. The first kappa shape index (κ1) is 17.4. The number of rotatable bonds is 4. The number of amides is 1. The van der Waals surface area contributed by atoms with Gasteiger partial charge in [-0.05, 0) is 25.1 Å². The van der Waals surface area contributed by atoms with Crippen molar-refractivity contribution in [3.63, 3.8) is 0 Å². The van der Waals surface area contributed by atoms with Gasteiger partial charge in [0.2, 0.25) is 5.91 Å². The van der Waals surface area contributed by atoms with Crippen LogP contribution in [-0.2, 0) is 11.3 Å². The molecule has 0 unspecified atom stereocenters. The van der Waals surface area contributed by atoms with Crippen molar-refractivity contribution in [3.05, 3.63) is 59.4 Å². The molecule has 1 fully saturated rings. The molecular weight excluding hydrogens is 314 g/mol. The Hall–Kier alpha value is -2.40. The van der Waals surface area contributed by atoms with Crippen LogP contribution in [0.1, 0.15) is 29.9 Å². The van der Waals surface area contributed by atoms with E-state index in [2.05, 4.69) is 22.0 Å². The lowest BCUT2D eigenvalue weighted by Crippen LogP contribution is -2.49. The minimum absolute atomic E-state index is 0.0936. The third-order valence-electron chi connectivity index (χ3n) is 4.75. The van der Waals surface area contributed by atoms with Gasteiger partial charge in [-0.1, -0.05) is 24.3 Å². The Bertz CT molecular complexity index is 747. The minimum atomic E-state index is 0.0936. The van der Waals surface area contributed by atoms with Crippen LogP contribution in [0.2, 0.25) is 0 Å². The zero-order chi connectivity index (χ0) is 17.8. The molecule has 2 aromatic rings. The van der Waals surface area contributed by atoms with E-state index in [-0.39, 0.29) is 11.9 Å². The molecule has 1 atom stereocenters. The largest absolute Gasteiger partial charge is 0.496 e. The molecule has 0 saturated carbocycles. The number of benzene rings is 1. The van der Waals surface area contributed by atoms with Crippen LogP contribution in [0.3, 0.4) is 0 Å². The SMILES string of the molecule is COc1ccccc1[C@@H]1CN(C(C)=O)CCN1Cc1cccc(C)n1. The minimum Gasteiger partial charge on any atom is -0.496 e. The molecule has 1 aromatic heterocycles. The van der Waals surface area contributed by atoms with E-state index in [1.807, 2.05) is 42.2 Å². The highest BCUT2D eigenvalue weighted by molar-refractivity contribution is 5.73. The molecule has 0 aliphatic carbocycles. The van der Waals surface area contributed by atoms with Gasteiger partial charge in [-0.15, -0.1) is 0 Å². The topological polar surface area (TPSA) is 45.7 Å². The second kappa shape index (κ2) is 7.66. The molecule has 3 rings (SSSR count). The maximum absolute atomic E-state index is 11.9. The zero-order valence-electron chi connectivity index (χ0n) is 15.1. The highest BCUT2D eigenvalue weighted by Crippen LogP contribution is 2.33. The average molecular weight is 339 g/mol. The molecule has 1 aliphatic heterocycles. The summed E-state index contributed by atoms with van der Waals surface area (Å²) in [5.74, 6) is 0.980. The lowest BCUT2D eigenvalue weighted by Gasteiger charge is -2.41. The van der Waals surface area contributed by atoms with E-state index in [0.717, 1.165) is 42.3 Å². The summed E-state index contributed by atoms with van der Waals surface area (Å²) in [5.41, 5.74) is 3.19. The summed E-state index contributed by atoms with van der Waals surface area (Å²) < 4.78 is 5.57. The predicted molar refractivity (Wildman–Crippen MR) is 97.4 cm³/mol. The lowest BCUT2D eigenvalue weighted by atomic mass is 10.0. The van der Waals surface area contributed by atoms with Crippen LogP contribution >= 0.6 is 0 Å². The van der Waals surface area contributed by atoms with E-state index in [0.29, 0.717) is 6.54 Å². The van der Waals surface area contributed by atoms with Crippen LogP contribution < -0.4 is 4.74 Å². The van der Waals surface area contributed by atoms with Gasteiger partial charge in [0.15, 0.2) is 0 Å². The van der Waals surface area contributed by atoms with Crippen molar-refractivity contribution in [3.8, 4) is 5.75 Å². The van der Waals surface area contributed by atoms with Crippen molar-refractivity contribution in [1.29, 1.82) is 0 Å². The standard InChI is InChI=1S/C20H25N3O2/c1-15-7-6-8-17(21-15)13-23-12-11-22(16(2)24)14-19(23)18-9-4-5-10-20(18)25-3/h4-10,19H,11-14H2,1-3H3/t19-/m0/s1. The molecule has 1 amide bonds. The van der Waals surface area contributed by atoms with Crippen LogP contribution in [-0.4, -0.2) is 47.4 Å². The van der Waals surface area contributed by atoms with Crippen molar-refractivity contribution in [2.24, 2.45) is 0 Å². The van der Waals surface area contributed by atoms with Crippen LogP contribution in [0, 0.1) is 6.92 Å². The van der Waals surface area contributed by atoms with Crippen molar-refractivity contribution in [1.82, 2.24) is 14.8 Å². The fourth-order valence-corrected chi connectivity index (χ4v) is 3.43. The smallest absolute Gasteiger partial charge is 0.219 e. The molecule has 5 heteroatoms. The second-order valence-corrected chi connectivity index (χ2v) is 6.46. The number of carbonyl (C=O) groups is 1. The molecular formula is C20H25N3O2. The van der Waals surface area contributed by atoms with Gasteiger partial charge in [-0.3, -0.25) is 14.7 Å². The number of aryl methyl sites for hydroxylation is 1. The lowest BCUT2D eigenvalue weighted by molar-refractivity contribution is -0.132. The zero-order valence-corrected chi connectivity index (χ0v) is 15.1. The van der Waals surface area contributed by atoms with Crippen molar-refractivity contribution in [2.45, 2.75) is 26.4 Å². The number of hydrogen-bond donors (Lipinski definition) is 0. The van der Waals surface area contributed by atoms with Crippen molar-refractivity contribution < 1.29 is 9.53 Å². The molecule has 0 bridgehead atoms. The molecule has 0 spiro atoms. The Labute approximate surface area is 149 Å². The summed E-state index contributed by atoms with van der Waals surface area (Å²) in [4.78, 5) is 20.8. The summed E-state index contributed by atoms with van der Waals surface area (Å²) in [6, 6.07) is 14.3. The number of carbonyl (C=O) groups excluding carboxylic acids is 1. The van der Waals surface area contributed by atoms with E-state index in [1.165, 1.54) is 0 Å². The van der Waals surface area contributed by atoms with Crippen LogP contribution in [0.15, 0.2) is 42.5 Å². The van der Waals surface area contributed by atoms with E-state index in [9.17, 15) is 4.79 Å². The third-order valence-corrected chi connectivity index (χ3v) is 4.75. The fourth-order valence-electron chi connectivity index (χ4n) is 3.43. The molecule has 132 valence electrons. The number of ether oxygens (including phenoxy) is 1. The van der Waals surface area contributed by atoms with E-state index in [4.69, 9.17) is 4.74 Å². The Morgan fingerprint density at radius 2 is 2.00 bits per heavy atom. The maximum Gasteiger partial charge on any atom is 0.219 e. The number of piperazine rings is 1. The summed E-state index contributed by atoms with van der Waals surface area (Å²) in [6.45, 7) is 6.63. The van der Waals surface area contributed by atoms with Gasteiger partial charge in [0.1, 0.15) is 5.75 Å². The highest BCUT2D eigenvalue weighted by atomic mass is 16.5. The van der Waals surface area contributed by atoms with E-state index >= 15 is 0 Å². The average Bonchev–Trinajstić information content (AvgIpc) is 2.62. The molecule has 0 N–H and O–H groups in total. The number of hydrogen-bond acceptors (Lipinski definition) is 4. The molecule has 1 saturated heterocycles. The molecule has 2 heterocycles. The van der Waals surface area contributed by atoms with Gasteiger partial charge in [0.25, 0.3) is 0 Å². The number of pyridine rings is 1. The van der Waals surface area contributed by atoms with Gasteiger partial charge >= 0.3 is 0 Å². The van der Waals surface area contributed by atoms with Gasteiger partial charge in [0, 0.05) is 44.4 Å². The van der Waals surface area contributed by atoms with Gasteiger partial charge in [-0.2, -0.15) is 0 Å². The van der Waals surface area contributed by atoms with Crippen LogP contribution in [0.4, 0.5) is 0 Å². The van der Waals surface area contributed by atoms with E-state index < -0.39 is 0 Å². The summed E-state index contributed by atoms with van der Waals surface area (Å²) >= 11 is 0. The predicted octanol–water partition coefficient (Wildman–Crippen LogP) is 2.80. The normalized spacial score (nSPS) is 18.2. The van der Waals surface area contributed by atoms with E-state index in [1.54, 1.807) is 14.0 Å². The molecule has 25 heavy (non-hydrogen) atoms. The first-order chi connectivity index (χ1) is 12.1. The van der Waals surface area contributed by atoms with Gasteiger partial charge in [0.05, 0.1) is 18.8 Å². The highest BCUT2D eigenvalue weighted by Gasteiger charge is 2.31.